The summed E-state index contributed by atoms with van der Waals surface area (Å²) in [5.74, 6) is -0.917. The van der Waals surface area contributed by atoms with Crippen LogP contribution in [-0.2, 0) is 4.79 Å². The average molecular weight is 142 g/mol. The lowest BCUT2D eigenvalue weighted by atomic mass is 10.1. The molecule has 1 unspecified atom stereocenters. The highest BCUT2D eigenvalue weighted by molar-refractivity contribution is 6.35. The van der Waals surface area contributed by atoms with E-state index in [1.54, 1.807) is 0 Å². The van der Waals surface area contributed by atoms with E-state index in [1.807, 2.05) is 6.92 Å². The number of nitrogens with one attached hydrogen (secondary N) is 1. The third kappa shape index (κ3) is 1.46. The summed E-state index contributed by atoms with van der Waals surface area (Å²) in [6, 6.07) is 0.308. The molecule has 4 heteroatoms. The van der Waals surface area contributed by atoms with Crippen molar-refractivity contribution in [2.24, 2.45) is 5.10 Å². The molecule has 0 radical (unpaired) electrons. The summed E-state index contributed by atoms with van der Waals surface area (Å²) in [6.07, 6.45) is 1.43. The summed E-state index contributed by atoms with van der Waals surface area (Å²) in [4.78, 5) is 10.3. The van der Waals surface area contributed by atoms with Crippen LogP contribution < -0.4 is 5.43 Å². The van der Waals surface area contributed by atoms with Crippen LogP contribution in [0, 0.1) is 0 Å². The van der Waals surface area contributed by atoms with E-state index in [2.05, 4.69) is 10.5 Å². The number of hydrogen-bond donors (Lipinski definition) is 2. The Bertz CT molecular complexity index is 177. The Labute approximate surface area is 58.9 Å². The van der Waals surface area contributed by atoms with Gasteiger partial charge in [0.25, 0.3) is 0 Å². The second kappa shape index (κ2) is 2.68. The molecule has 0 aromatic heterocycles. The summed E-state index contributed by atoms with van der Waals surface area (Å²) in [6.45, 7) is 1.97. The summed E-state index contributed by atoms with van der Waals surface area (Å²) in [7, 11) is 0. The fourth-order valence-corrected chi connectivity index (χ4v) is 0.817. The molecule has 0 saturated carbocycles. The molecule has 0 fully saturated rings. The van der Waals surface area contributed by atoms with Gasteiger partial charge in [-0.25, -0.2) is 4.79 Å². The van der Waals surface area contributed by atoms with Gasteiger partial charge in [-0.3, -0.25) is 0 Å². The van der Waals surface area contributed by atoms with Crippen LogP contribution in [-0.4, -0.2) is 22.8 Å². The van der Waals surface area contributed by atoms with Crippen LogP contribution in [0.4, 0.5) is 0 Å². The molecule has 1 aliphatic rings. The summed E-state index contributed by atoms with van der Waals surface area (Å²) < 4.78 is 0. The Morgan fingerprint density at radius 2 is 2.60 bits per heavy atom. The third-order valence-electron chi connectivity index (χ3n) is 1.48. The molecule has 10 heavy (non-hydrogen) atoms. The normalized spacial score (nSPS) is 24.9. The molecule has 1 rings (SSSR count). The average Bonchev–Trinajstić information content (AvgIpc) is 1.88. The Morgan fingerprint density at radius 3 is 3.00 bits per heavy atom. The van der Waals surface area contributed by atoms with Gasteiger partial charge >= 0.3 is 5.97 Å². The molecule has 0 saturated heterocycles. The Hall–Kier alpha value is -1.06. The number of carboxylic acid groups (broad SMARTS) is 1. The van der Waals surface area contributed by atoms with Gasteiger partial charge in [0.15, 0.2) is 0 Å². The third-order valence-corrected chi connectivity index (χ3v) is 1.48. The SMILES string of the molecule is CC1CCC(C(=O)O)=NN1. The number of hydrazone groups is 1. The van der Waals surface area contributed by atoms with Crippen LogP contribution in [0.1, 0.15) is 19.8 Å². The van der Waals surface area contributed by atoms with E-state index in [4.69, 9.17) is 5.11 Å². The maximum Gasteiger partial charge on any atom is 0.352 e. The topological polar surface area (TPSA) is 61.7 Å². The van der Waals surface area contributed by atoms with Crippen LogP contribution in [0.15, 0.2) is 5.10 Å². The second-order valence-corrected chi connectivity index (χ2v) is 2.43. The maximum absolute atomic E-state index is 10.3. The van der Waals surface area contributed by atoms with E-state index in [1.165, 1.54) is 0 Å². The van der Waals surface area contributed by atoms with Gasteiger partial charge < -0.3 is 10.5 Å². The van der Waals surface area contributed by atoms with Crippen molar-refractivity contribution in [2.45, 2.75) is 25.8 Å². The number of nitrogens with zero attached hydrogens (tertiary/aromatic N) is 1. The first-order valence-electron chi connectivity index (χ1n) is 3.25. The molecule has 0 aromatic carbocycles. The highest BCUT2D eigenvalue weighted by Crippen LogP contribution is 2.03. The minimum atomic E-state index is -0.917. The summed E-state index contributed by atoms with van der Waals surface area (Å²) >= 11 is 0. The molecule has 0 amide bonds. The number of carbonyl (C=O) groups is 1. The van der Waals surface area contributed by atoms with Crippen LogP contribution in [0.2, 0.25) is 0 Å². The van der Waals surface area contributed by atoms with Gasteiger partial charge in [-0.05, 0) is 13.3 Å². The smallest absolute Gasteiger partial charge is 0.352 e. The van der Waals surface area contributed by atoms with Gasteiger partial charge in [0.2, 0.25) is 0 Å². The molecule has 0 aliphatic carbocycles. The molecule has 0 spiro atoms. The van der Waals surface area contributed by atoms with Crippen LogP contribution in [0.5, 0.6) is 0 Å². The van der Waals surface area contributed by atoms with Gasteiger partial charge in [0, 0.05) is 12.5 Å². The molecular weight excluding hydrogens is 132 g/mol. The molecule has 56 valence electrons. The fourth-order valence-electron chi connectivity index (χ4n) is 0.817. The lowest BCUT2D eigenvalue weighted by Gasteiger charge is -2.16. The van der Waals surface area contributed by atoms with Crippen molar-refractivity contribution in [3.63, 3.8) is 0 Å². The van der Waals surface area contributed by atoms with E-state index < -0.39 is 5.97 Å². The predicted molar refractivity (Wildman–Crippen MR) is 36.9 cm³/mol. The zero-order valence-electron chi connectivity index (χ0n) is 5.79. The zero-order chi connectivity index (χ0) is 7.56. The standard InChI is InChI=1S/C6H10N2O2/c1-4-2-3-5(6(9)10)8-7-4/h4,7H,2-3H2,1H3,(H,9,10). The highest BCUT2D eigenvalue weighted by atomic mass is 16.4. The van der Waals surface area contributed by atoms with Crippen molar-refractivity contribution in [1.29, 1.82) is 0 Å². The van der Waals surface area contributed by atoms with Crippen molar-refractivity contribution in [3.8, 4) is 0 Å². The van der Waals surface area contributed by atoms with Gasteiger partial charge in [-0.15, -0.1) is 0 Å². The Morgan fingerprint density at radius 1 is 1.90 bits per heavy atom. The highest BCUT2D eigenvalue weighted by Gasteiger charge is 2.15. The first kappa shape index (κ1) is 7.05. The summed E-state index contributed by atoms with van der Waals surface area (Å²) in [5, 5.41) is 12.1. The Kier molecular flexibility index (Phi) is 1.89. The number of carboxylic acids is 1. The molecule has 0 bridgehead atoms. The van der Waals surface area contributed by atoms with Crippen LogP contribution >= 0.6 is 0 Å². The lowest BCUT2D eigenvalue weighted by Crippen LogP contribution is -2.31. The van der Waals surface area contributed by atoms with Gasteiger partial charge in [-0.1, -0.05) is 0 Å². The van der Waals surface area contributed by atoms with Crippen molar-refractivity contribution >= 4 is 11.7 Å². The number of rotatable bonds is 1. The monoisotopic (exact) mass is 142 g/mol. The van der Waals surface area contributed by atoms with Gasteiger partial charge in [0.1, 0.15) is 5.71 Å². The van der Waals surface area contributed by atoms with E-state index in [0.717, 1.165) is 6.42 Å². The minimum absolute atomic E-state index is 0.234. The first-order valence-corrected chi connectivity index (χ1v) is 3.25. The molecular formula is C6H10N2O2. The van der Waals surface area contributed by atoms with Crippen molar-refractivity contribution in [3.05, 3.63) is 0 Å². The van der Waals surface area contributed by atoms with Crippen LogP contribution in [0.25, 0.3) is 0 Å². The number of aliphatic carboxylic acids is 1. The van der Waals surface area contributed by atoms with Crippen LogP contribution in [0.3, 0.4) is 0 Å². The molecule has 1 aliphatic heterocycles. The summed E-state index contributed by atoms with van der Waals surface area (Å²) in [5.41, 5.74) is 2.95. The van der Waals surface area contributed by atoms with Crippen molar-refractivity contribution in [1.82, 2.24) is 5.43 Å². The van der Waals surface area contributed by atoms with Crippen molar-refractivity contribution in [2.75, 3.05) is 0 Å². The number of hydrogen-bond acceptors (Lipinski definition) is 3. The van der Waals surface area contributed by atoms with E-state index in [-0.39, 0.29) is 5.71 Å². The molecule has 4 nitrogen and oxygen atoms in total. The quantitative estimate of drug-likeness (QED) is 0.549. The predicted octanol–water partition coefficient (Wildman–Crippen LogP) is 0.199. The van der Waals surface area contributed by atoms with Crippen molar-refractivity contribution < 1.29 is 9.90 Å². The van der Waals surface area contributed by atoms with E-state index in [9.17, 15) is 4.79 Å². The van der Waals surface area contributed by atoms with Gasteiger partial charge in [-0.2, -0.15) is 5.10 Å². The van der Waals surface area contributed by atoms with E-state index in [0.29, 0.717) is 12.5 Å². The minimum Gasteiger partial charge on any atom is -0.477 e. The van der Waals surface area contributed by atoms with E-state index >= 15 is 0 Å². The Balaban J connectivity index is 2.56. The largest absolute Gasteiger partial charge is 0.477 e. The lowest BCUT2D eigenvalue weighted by molar-refractivity contribution is -0.129. The fraction of sp³-hybridized carbons (Fsp3) is 0.667. The molecule has 1 heterocycles. The molecule has 0 aromatic rings. The maximum atomic E-state index is 10.3. The van der Waals surface area contributed by atoms with Gasteiger partial charge in [0.05, 0.1) is 0 Å². The molecule has 1 atom stereocenters. The zero-order valence-corrected chi connectivity index (χ0v) is 5.79. The second-order valence-electron chi connectivity index (χ2n) is 2.43. The first-order chi connectivity index (χ1) is 4.70. The molecule has 2 N–H and O–H groups in total.